The zero-order valence-electron chi connectivity index (χ0n) is 15.9. The first-order valence-corrected chi connectivity index (χ1v) is 11.0. The van der Waals surface area contributed by atoms with Crippen molar-refractivity contribution in [2.75, 3.05) is 0 Å². The molecule has 0 radical (unpaired) electrons. The van der Waals surface area contributed by atoms with Crippen molar-refractivity contribution >= 4 is 7.82 Å². The fourth-order valence-electron chi connectivity index (χ4n) is 3.55. The molecule has 0 fully saturated rings. The van der Waals surface area contributed by atoms with Gasteiger partial charge in [-0.2, -0.15) is 0 Å². The van der Waals surface area contributed by atoms with Crippen LogP contribution in [0.3, 0.4) is 0 Å². The van der Waals surface area contributed by atoms with E-state index in [2.05, 4.69) is 27.7 Å². The third-order valence-electron chi connectivity index (χ3n) is 4.87. The standard InChI is InChI=1S/C18H39O4P/c1-6-10-12-16(8-3)14-18(5,22-23(19,20)21)15-17(9-4)13-11-7-2/h16-17H,6-15H2,1-5H3,(H2,19,20,21). The van der Waals surface area contributed by atoms with Crippen LogP contribution in [0.5, 0.6) is 0 Å². The first-order valence-electron chi connectivity index (χ1n) is 9.45. The molecule has 0 aliphatic heterocycles. The molecule has 2 unspecified atom stereocenters. The molecule has 140 valence electrons. The molecule has 0 aliphatic carbocycles. The van der Waals surface area contributed by atoms with E-state index in [1.54, 1.807) is 0 Å². The van der Waals surface area contributed by atoms with Gasteiger partial charge >= 0.3 is 7.82 Å². The van der Waals surface area contributed by atoms with Crippen LogP contribution in [-0.2, 0) is 9.09 Å². The van der Waals surface area contributed by atoms with Gasteiger partial charge in [0.25, 0.3) is 0 Å². The van der Waals surface area contributed by atoms with E-state index in [0.29, 0.717) is 11.8 Å². The van der Waals surface area contributed by atoms with Gasteiger partial charge in [-0.25, -0.2) is 4.57 Å². The Morgan fingerprint density at radius 1 is 0.913 bits per heavy atom. The summed E-state index contributed by atoms with van der Waals surface area (Å²) >= 11 is 0. The van der Waals surface area contributed by atoms with E-state index in [9.17, 15) is 14.4 Å². The van der Waals surface area contributed by atoms with Gasteiger partial charge in [0.05, 0.1) is 5.60 Å². The van der Waals surface area contributed by atoms with Crippen molar-refractivity contribution in [2.45, 2.75) is 104 Å². The molecule has 0 aromatic carbocycles. The maximum atomic E-state index is 11.5. The Hall–Kier alpha value is 0.110. The summed E-state index contributed by atoms with van der Waals surface area (Å²) in [5.74, 6) is 0.936. The van der Waals surface area contributed by atoms with Gasteiger partial charge in [0.2, 0.25) is 0 Å². The Bertz CT molecular complexity index is 322. The van der Waals surface area contributed by atoms with E-state index in [-0.39, 0.29) is 0 Å². The van der Waals surface area contributed by atoms with Gasteiger partial charge in [0.15, 0.2) is 0 Å². The van der Waals surface area contributed by atoms with Gasteiger partial charge in [-0.1, -0.05) is 79.1 Å². The highest BCUT2D eigenvalue weighted by Crippen LogP contribution is 2.47. The predicted octanol–water partition coefficient (Wildman–Crippen LogP) is 6.07. The molecular weight excluding hydrogens is 311 g/mol. The summed E-state index contributed by atoms with van der Waals surface area (Å²) in [6.45, 7) is 10.6. The summed E-state index contributed by atoms with van der Waals surface area (Å²) in [7, 11) is -4.47. The monoisotopic (exact) mass is 350 g/mol. The average Bonchev–Trinajstić information content (AvgIpc) is 2.45. The van der Waals surface area contributed by atoms with Gasteiger partial charge in [-0.05, 0) is 31.6 Å². The van der Waals surface area contributed by atoms with Crippen LogP contribution in [0.25, 0.3) is 0 Å². The molecule has 0 saturated heterocycles. The molecule has 0 heterocycles. The predicted molar refractivity (Wildman–Crippen MR) is 97.4 cm³/mol. The van der Waals surface area contributed by atoms with Crippen molar-refractivity contribution in [3.05, 3.63) is 0 Å². The van der Waals surface area contributed by atoms with Crippen molar-refractivity contribution in [1.82, 2.24) is 0 Å². The Morgan fingerprint density at radius 3 is 1.57 bits per heavy atom. The van der Waals surface area contributed by atoms with E-state index in [0.717, 1.165) is 64.2 Å². The first kappa shape index (κ1) is 23.1. The molecular formula is C18H39O4P. The molecule has 0 spiro atoms. The van der Waals surface area contributed by atoms with E-state index in [1.807, 2.05) is 6.92 Å². The van der Waals surface area contributed by atoms with Gasteiger partial charge in [-0.3, -0.25) is 4.52 Å². The molecule has 0 amide bonds. The number of rotatable bonds is 14. The zero-order valence-corrected chi connectivity index (χ0v) is 16.8. The molecule has 0 aliphatic rings. The third-order valence-corrected chi connectivity index (χ3v) is 5.55. The lowest BCUT2D eigenvalue weighted by molar-refractivity contribution is 0.00473. The fourth-order valence-corrected chi connectivity index (χ4v) is 4.28. The molecule has 5 heteroatoms. The quantitative estimate of drug-likeness (QED) is 0.373. The first-order chi connectivity index (χ1) is 10.7. The third kappa shape index (κ3) is 11.3. The second-order valence-corrected chi connectivity index (χ2v) is 8.44. The molecule has 2 N–H and O–H groups in total. The van der Waals surface area contributed by atoms with Crippen LogP contribution in [0.1, 0.15) is 98.8 Å². The lowest BCUT2D eigenvalue weighted by Crippen LogP contribution is -2.33. The summed E-state index contributed by atoms with van der Waals surface area (Å²) < 4.78 is 16.8. The van der Waals surface area contributed by atoms with Crippen molar-refractivity contribution in [2.24, 2.45) is 11.8 Å². The summed E-state index contributed by atoms with van der Waals surface area (Å²) in [6.07, 6.45) is 10.4. The topological polar surface area (TPSA) is 66.8 Å². The Balaban J connectivity index is 5.01. The summed E-state index contributed by atoms with van der Waals surface area (Å²) in [6, 6.07) is 0. The fraction of sp³-hybridized carbons (Fsp3) is 1.00. The maximum absolute atomic E-state index is 11.5. The average molecular weight is 350 g/mol. The van der Waals surface area contributed by atoms with Crippen molar-refractivity contribution in [1.29, 1.82) is 0 Å². The van der Waals surface area contributed by atoms with Gasteiger partial charge in [-0.15, -0.1) is 0 Å². The maximum Gasteiger partial charge on any atom is 0.470 e. The van der Waals surface area contributed by atoms with Crippen LogP contribution in [0, 0.1) is 11.8 Å². The van der Waals surface area contributed by atoms with Crippen molar-refractivity contribution < 1.29 is 18.9 Å². The van der Waals surface area contributed by atoms with Crippen LogP contribution < -0.4 is 0 Å². The minimum atomic E-state index is -4.47. The number of phosphoric acid groups is 1. The van der Waals surface area contributed by atoms with Crippen LogP contribution in [0.2, 0.25) is 0 Å². The number of unbranched alkanes of at least 4 members (excludes halogenated alkanes) is 2. The minimum Gasteiger partial charge on any atom is -0.303 e. The van der Waals surface area contributed by atoms with E-state index >= 15 is 0 Å². The summed E-state index contributed by atoms with van der Waals surface area (Å²) in [5.41, 5.74) is -0.734. The van der Waals surface area contributed by atoms with Crippen molar-refractivity contribution in [3.63, 3.8) is 0 Å². The second kappa shape index (κ2) is 11.6. The van der Waals surface area contributed by atoms with Crippen LogP contribution in [-0.4, -0.2) is 15.4 Å². The molecule has 0 aromatic heterocycles. The molecule has 0 aromatic rings. The molecule has 0 bridgehead atoms. The van der Waals surface area contributed by atoms with Crippen LogP contribution in [0.15, 0.2) is 0 Å². The SMILES string of the molecule is CCCCC(CC)CC(C)(CC(CC)CCCC)OP(=O)(O)O. The highest BCUT2D eigenvalue weighted by Gasteiger charge is 2.36. The lowest BCUT2D eigenvalue weighted by atomic mass is 9.80. The second-order valence-electron chi connectivity index (χ2n) is 7.27. The smallest absolute Gasteiger partial charge is 0.303 e. The normalized spacial score (nSPS) is 17.7. The van der Waals surface area contributed by atoms with Gasteiger partial charge in [0.1, 0.15) is 0 Å². The van der Waals surface area contributed by atoms with Gasteiger partial charge in [0, 0.05) is 0 Å². The Morgan fingerprint density at radius 2 is 1.30 bits per heavy atom. The number of phosphoric ester groups is 1. The van der Waals surface area contributed by atoms with Crippen LogP contribution >= 0.6 is 7.82 Å². The largest absolute Gasteiger partial charge is 0.470 e. The molecule has 0 saturated carbocycles. The molecule has 0 rings (SSSR count). The summed E-state index contributed by atoms with van der Waals surface area (Å²) in [5, 5.41) is 0. The van der Waals surface area contributed by atoms with Gasteiger partial charge < -0.3 is 9.79 Å². The number of hydrogen-bond donors (Lipinski definition) is 2. The Kier molecular flexibility index (Phi) is 11.7. The lowest BCUT2D eigenvalue weighted by Gasteiger charge is -2.36. The minimum absolute atomic E-state index is 0.468. The number of hydrogen-bond acceptors (Lipinski definition) is 2. The van der Waals surface area contributed by atoms with E-state index < -0.39 is 13.4 Å². The van der Waals surface area contributed by atoms with Crippen LogP contribution in [0.4, 0.5) is 0 Å². The highest BCUT2D eigenvalue weighted by atomic mass is 31.2. The highest BCUT2D eigenvalue weighted by molar-refractivity contribution is 7.46. The van der Waals surface area contributed by atoms with E-state index in [4.69, 9.17) is 4.52 Å². The van der Waals surface area contributed by atoms with E-state index in [1.165, 1.54) is 0 Å². The molecule has 4 nitrogen and oxygen atoms in total. The zero-order chi connectivity index (χ0) is 17.9. The molecule has 2 atom stereocenters. The molecule has 23 heavy (non-hydrogen) atoms. The summed E-state index contributed by atoms with van der Waals surface area (Å²) in [4.78, 5) is 18.7. The Labute approximate surface area is 143 Å². The van der Waals surface area contributed by atoms with Crippen molar-refractivity contribution in [3.8, 4) is 0 Å².